The summed E-state index contributed by atoms with van der Waals surface area (Å²) in [4.78, 5) is 12.5. The Labute approximate surface area is 119 Å². The zero-order chi connectivity index (χ0) is 14.6. The van der Waals surface area contributed by atoms with Crippen LogP contribution in [0, 0.1) is 0 Å². The molecule has 1 aromatic rings. The minimum absolute atomic E-state index is 0.334. The van der Waals surface area contributed by atoms with E-state index in [1.807, 2.05) is 30.3 Å². The Kier molecular flexibility index (Phi) is 8.37. The summed E-state index contributed by atoms with van der Waals surface area (Å²) in [5.74, 6) is 0. The van der Waals surface area contributed by atoms with E-state index in [0.717, 1.165) is 5.56 Å². The normalized spacial score (nSPS) is 10.4. The summed E-state index contributed by atoms with van der Waals surface area (Å²) in [6, 6.07) is 9.48. The lowest BCUT2D eigenvalue weighted by molar-refractivity contribution is 0.0404. The van der Waals surface area contributed by atoms with Gasteiger partial charge in [-0.05, 0) is 5.56 Å². The fraction of sp³-hybridized carbons (Fsp3) is 0.500. The molecule has 0 aliphatic carbocycles. The van der Waals surface area contributed by atoms with Gasteiger partial charge in [0.25, 0.3) is 0 Å². The van der Waals surface area contributed by atoms with E-state index in [9.17, 15) is 4.79 Å². The molecular formula is C14H22N2O4. The van der Waals surface area contributed by atoms with Gasteiger partial charge in [0.1, 0.15) is 0 Å². The molecule has 6 nitrogen and oxygen atoms in total. The van der Waals surface area contributed by atoms with Gasteiger partial charge in [-0.25, -0.2) is 4.79 Å². The highest BCUT2D eigenvalue weighted by Crippen LogP contribution is 2.04. The summed E-state index contributed by atoms with van der Waals surface area (Å²) >= 11 is 0. The van der Waals surface area contributed by atoms with Gasteiger partial charge in [-0.15, -0.1) is 0 Å². The zero-order valence-corrected chi connectivity index (χ0v) is 11.5. The third-order valence-electron chi connectivity index (χ3n) is 2.63. The average Bonchev–Trinajstić information content (AvgIpc) is 2.46. The van der Waals surface area contributed by atoms with E-state index in [0.29, 0.717) is 46.1 Å². The second-order valence-corrected chi connectivity index (χ2v) is 4.20. The van der Waals surface area contributed by atoms with E-state index in [1.165, 1.54) is 4.90 Å². The van der Waals surface area contributed by atoms with Crippen molar-refractivity contribution >= 4 is 6.09 Å². The molecule has 0 aliphatic rings. The highest BCUT2D eigenvalue weighted by Gasteiger charge is 2.11. The first-order valence-electron chi connectivity index (χ1n) is 6.61. The lowest BCUT2D eigenvalue weighted by Crippen LogP contribution is -2.32. The molecular weight excluding hydrogens is 260 g/mol. The first kappa shape index (κ1) is 16.4. The van der Waals surface area contributed by atoms with Crippen molar-refractivity contribution in [3.05, 3.63) is 35.9 Å². The zero-order valence-electron chi connectivity index (χ0n) is 11.5. The van der Waals surface area contributed by atoms with Crippen LogP contribution >= 0.6 is 0 Å². The van der Waals surface area contributed by atoms with E-state index in [4.69, 9.17) is 20.3 Å². The van der Waals surface area contributed by atoms with E-state index in [-0.39, 0.29) is 0 Å². The van der Waals surface area contributed by atoms with Crippen LogP contribution in [0.25, 0.3) is 0 Å². The number of ether oxygens (including phenoxy) is 2. The van der Waals surface area contributed by atoms with Crippen LogP contribution in [-0.2, 0) is 16.0 Å². The molecule has 0 aromatic heterocycles. The fourth-order valence-corrected chi connectivity index (χ4v) is 1.63. The first-order chi connectivity index (χ1) is 9.74. The molecule has 0 aliphatic heterocycles. The Hall–Kier alpha value is -1.63. The molecule has 0 atom stereocenters. The summed E-state index contributed by atoms with van der Waals surface area (Å²) in [6.07, 6.45) is -0.947. The summed E-state index contributed by atoms with van der Waals surface area (Å²) in [6.45, 7) is 2.97. The van der Waals surface area contributed by atoms with Gasteiger partial charge in [-0.2, -0.15) is 0 Å². The van der Waals surface area contributed by atoms with Crippen LogP contribution in [0.4, 0.5) is 4.79 Å². The molecule has 0 bridgehead atoms. The van der Waals surface area contributed by atoms with Crippen molar-refractivity contribution in [2.24, 2.45) is 5.73 Å². The van der Waals surface area contributed by atoms with Crippen molar-refractivity contribution < 1.29 is 19.4 Å². The number of hydrogen-bond acceptors (Lipinski definition) is 4. The fourth-order valence-electron chi connectivity index (χ4n) is 1.63. The van der Waals surface area contributed by atoms with Gasteiger partial charge in [0, 0.05) is 19.6 Å². The van der Waals surface area contributed by atoms with Gasteiger partial charge >= 0.3 is 6.09 Å². The number of carboxylic acid groups (broad SMARTS) is 1. The largest absolute Gasteiger partial charge is 0.465 e. The standard InChI is InChI=1S/C14H22N2O4/c15-6-8-19-10-11-20-9-7-16(14(17)18)12-13-4-2-1-3-5-13/h1-5H,6-12,15H2,(H,17,18). The van der Waals surface area contributed by atoms with Gasteiger partial charge in [0.2, 0.25) is 0 Å². The van der Waals surface area contributed by atoms with Crippen LogP contribution < -0.4 is 5.73 Å². The van der Waals surface area contributed by atoms with Crippen LogP contribution in [-0.4, -0.2) is 55.6 Å². The minimum Gasteiger partial charge on any atom is -0.465 e. The lowest BCUT2D eigenvalue weighted by Gasteiger charge is -2.19. The summed E-state index contributed by atoms with van der Waals surface area (Å²) in [5, 5.41) is 9.14. The van der Waals surface area contributed by atoms with Crippen molar-refractivity contribution in [1.29, 1.82) is 0 Å². The van der Waals surface area contributed by atoms with Gasteiger partial charge in [0.05, 0.1) is 26.4 Å². The number of amides is 1. The molecule has 112 valence electrons. The summed E-state index contributed by atoms with van der Waals surface area (Å²) in [7, 11) is 0. The first-order valence-corrected chi connectivity index (χ1v) is 6.61. The quantitative estimate of drug-likeness (QED) is 0.629. The van der Waals surface area contributed by atoms with Crippen LogP contribution in [0.2, 0.25) is 0 Å². The molecule has 1 amide bonds. The molecule has 0 fully saturated rings. The Balaban J connectivity index is 2.21. The van der Waals surface area contributed by atoms with Gasteiger partial charge in [-0.3, -0.25) is 0 Å². The lowest BCUT2D eigenvalue weighted by atomic mass is 10.2. The number of rotatable bonds is 10. The van der Waals surface area contributed by atoms with E-state index in [1.54, 1.807) is 0 Å². The molecule has 6 heteroatoms. The van der Waals surface area contributed by atoms with E-state index < -0.39 is 6.09 Å². The Bertz CT molecular complexity index is 373. The Morgan fingerprint density at radius 2 is 1.75 bits per heavy atom. The number of nitrogens with two attached hydrogens (primary N) is 1. The van der Waals surface area contributed by atoms with E-state index >= 15 is 0 Å². The SMILES string of the molecule is NCCOCCOCCN(Cc1ccccc1)C(=O)O. The van der Waals surface area contributed by atoms with Crippen molar-refractivity contribution in [2.45, 2.75) is 6.54 Å². The second kappa shape index (κ2) is 10.2. The average molecular weight is 282 g/mol. The maximum Gasteiger partial charge on any atom is 0.407 e. The van der Waals surface area contributed by atoms with Crippen molar-refractivity contribution in [2.75, 3.05) is 39.5 Å². The number of carbonyl (C=O) groups is 1. The van der Waals surface area contributed by atoms with Crippen LogP contribution in [0.5, 0.6) is 0 Å². The third kappa shape index (κ3) is 7.08. The van der Waals surface area contributed by atoms with Gasteiger partial charge in [0.15, 0.2) is 0 Å². The van der Waals surface area contributed by atoms with Crippen molar-refractivity contribution in [3.8, 4) is 0 Å². The molecule has 0 heterocycles. The molecule has 0 spiro atoms. The Morgan fingerprint density at radius 3 is 2.35 bits per heavy atom. The molecule has 0 saturated heterocycles. The maximum atomic E-state index is 11.1. The summed E-state index contributed by atoms with van der Waals surface area (Å²) in [5.41, 5.74) is 6.24. The summed E-state index contributed by atoms with van der Waals surface area (Å²) < 4.78 is 10.5. The maximum absolute atomic E-state index is 11.1. The molecule has 0 unspecified atom stereocenters. The molecule has 1 rings (SSSR count). The topological polar surface area (TPSA) is 85.0 Å². The minimum atomic E-state index is -0.947. The van der Waals surface area contributed by atoms with Crippen molar-refractivity contribution in [1.82, 2.24) is 4.90 Å². The number of benzene rings is 1. The smallest absolute Gasteiger partial charge is 0.407 e. The second-order valence-electron chi connectivity index (χ2n) is 4.20. The van der Waals surface area contributed by atoms with Crippen molar-refractivity contribution in [3.63, 3.8) is 0 Å². The highest BCUT2D eigenvalue weighted by atomic mass is 16.5. The molecule has 1 aromatic carbocycles. The molecule has 0 radical (unpaired) electrons. The third-order valence-corrected chi connectivity index (χ3v) is 2.63. The van der Waals surface area contributed by atoms with Crippen LogP contribution in [0.15, 0.2) is 30.3 Å². The molecule has 20 heavy (non-hydrogen) atoms. The number of hydrogen-bond donors (Lipinski definition) is 2. The predicted octanol–water partition coefficient (Wildman–Crippen LogP) is 1.16. The van der Waals surface area contributed by atoms with E-state index in [2.05, 4.69) is 0 Å². The van der Waals surface area contributed by atoms with Crippen LogP contribution in [0.3, 0.4) is 0 Å². The Morgan fingerprint density at radius 1 is 1.10 bits per heavy atom. The van der Waals surface area contributed by atoms with Gasteiger partial charge < -0.3 is 25.2 Å². The monoisotopic (exact) mass is 282 g/mol. The molecule has 0 saturated carbocycles. The molecule has 3 N–H and O–H groups in total. The number of nitrogens with zero attached hydrogens (tertiary/aromatic N) is 1. The predicted molar refractivity (Wildman–Crippen MR) is 75.6 cm³/mol. The highest BCUT2D eigenvalue weighted by molar-refractivity contribution is 5.64. The van der Waals surface area contributed by atoms with Crippen LogP contribution in [0.1, 0.15) is 5.56 Å². The van der Waals surface area contributed by atoms with Gasteiger partial charge in [-0.1, -0.05) is 30.3 Å².